The molecule has 0 N–H and O–H groups in total. The lowest BCUT2D eigenvalue weighted by Crippen LogP contribution is -2.37. The fraction of sp³-hybridized carbons (Fsp3) is 0.350. The van der Waals surface area contributed by atoms with Crippen LogP contribution in [-0.2, 0) is 6.42 Å². The van der Waals surface area contributed by atoms with Gasteiger partial charge in [0.05, 0.1) is 6.26 Å². The van der Waals surface area contributed by atoms with Gasteiger partial charge in [0.2, 0.25) is 0 Å². The van der Waals surface area contributed by atoms with Gasteiger partial charge >= 0.3 is 0 Å². The summed E-state index contributed by atoms with van der Waals surface area (Å²) in [5, 5.41) is 0. The smallest absolute Gasteiger partial charge is 0.289 e. The monoisotopic (exact) mass is 352 g/mol. The molecule has 1 fully saturated rings. The molecule has 6 nitrogen and oxygen atoms in total. The molecule has 0 unspecified atom stereocenters. The lowest BCUT2D eigenvalue weighted by Gasteiger charge is -2.22. The summed E-state index contributed by atoms with van der Waals surface area (Å²) in [6.45, 7) is 2.13. The van der Waals surface area contributed by atoms with Crippen molar-refractivity contribution in [2.24, 2.45) is 0 Å². The van der Waals surface area contributed by atoms with Gasteiger partial charge in [-0.15, -0.1) is 0 Å². The van der Waals surface area contributed by atoms with E-state index in [1.54, 1.807) is 40.1 Å². The van der Waals surface area contributed by atoms with E-state index in [9.17, 15) is 14.4 Å². The van der Waals surface area contributed by atoms with Crippen molar-refractivity contribution in [3.63, 3.8) is 0 Å². The summed E-state index contributed by atoms with van der Waals surface area (Å²) in [7, 11) is 0. The predicted octanol–water partition coefficient (Wildman–Crippen LogP) is 2.40. The number of carbonyl (C=O) groups is 3. The number of Topliss-reactive ketones (excluding diaryl/α,β-unsaturated/α-hetero) is 1. The average molecular weight is 352 g/mol. The highest BCUT2D eigenvalue weighted by Gasteiger charge is 2.29. The topological polar surface area (TPSA) is 70.8 Å². The summed E-state index contributed by atoms with van der Waals surface area (Å²) in [5.74, 6) is 0.240. The van der Waals surface area contributed by atoms with Gasteiger partial charge in [-0.25, -0.2) is 0 Å². The van der Waals surface area contributed by atoms with Gasteiger partial charge in [0.15, 0.2) is 11.5 Å². The number of hydrogen-bond donors (Lipinski definition) is 0. The van der Waals surface area contributed by atoms with Crippen molar-refractivity contribution in [3.05, 3.63) is 59.0 Å². The van der Waals surface area contributed by atoms with E-state index in [0.29, 0.717) is 62.3 Å². The third-order valence-corrected chi connectivity index (χ3v) is 5.11. The normalized spacial score (nSPS) is 17.2. The van der Waals surface area contributed by atoms with Gasteiger partial charge in [0, 0.05) is 43.7 Å². The number of amides is 2. The molecule has 1 aromatic carbocycles. The van der Waals surface area contributed by atoms with Crippen LogP contribution in [-0.4, -0.2) is 53.6 Å². The van der Waals surface area contributed by atoms with E-state index in [-0.39, 0.29) is 17.6 Å². The molecule has 1 aromatic heterocycles. The summed E-state index contributed by atoms with van der Waals surface area (Å²) in [6, 6.07) is 8.72. The van der Waals surface area contributed by atoms with Gasteiger partial charge in [0.25, 0.3) is 11.8 Å². The van der Waals surface area contributed by atoms with Crippen LogP contribution >= 0.6 is 0 Å². The van der Waals surface area contributed by atoms with E-state index >= 15 is 0 Å². The van der Waals surface area contributed by atoms with Crippen LogP contribution < -0.4 is 0 Å². The lowest BCUT2D eigenvalue weighted by molar-refractivity contribution is 0.0700. The number of fused-ring (bicyclic) bond motifs is 1. The maximum Gasteiger partial charge on any atom is 0.289 e. The number of furan rings is 1. The molecule has 2 heterocycles. The molecule has 0 atom stereocenters. The Morgan fingerprint density at radius 3 is 2.38 bits per heavy atom. The Morgan fingerprint density at radius 1 is 0.885 bits per heavy atom. The first-order valence-electron chi connectivity index (χ1n) is 8.92. The van der Waals surface area contributed by atoms with Crippen LogP contribution in [0.25, 0.3) is 0 Å². The molecular weight excluding hydrogens is 332 g/mol. The zero-order valence-electron chi connectivity index (χ0n) is 14.4. The third-order valence-electron chi connectivity index (χ3n) is 5.11. The third kappa shape index (κ3) is 2.92. The SMILES string of the molecule is O=C1CCc2c1cccc2C(=O)N1CCCN(C(=O)c2ccco2)CC1. The zero-order valence-corrected chi connectivity index (χ0v) is 14.4. The maximum atomic E-state index is 13.0. The van der Waals surface area contributed by atoms with Crippen LogP contribution in [0.2, 0.25) is 0 Å². The molecule has 0 radical (unpaired) electrons. The molecule has 134 valence electrons. The van der Waals surface area contributed by atoms with Crippen molar-refractivity contribution in [1.29, 1.82) is 0 Å². The first-order valence-corrected chi connectivity index (χ1v) is 8.92. The number of carbonyl (C=O) groups excluding carboxylic acids is 3. The molecule has 2 amide bonds. The summed E-state index contributed by atoms with van der Waals surface area (Å²) in [5.41, 5.74) is 2.18. The molecule has 1 aliphatic heterocycles. The molecule has 2 aliphatic rings. The minimum absolute atomic E-state index is 0.0520. The second-order valence-electron chi connectivity index (χ2n) is 6.67. The van der Waals surface area contributed by atoms with Crippen molar-refractivity contribution in [2.45, 2.75) is 19.3 Å². The number of nitrogens with zero attached hydrogens (tertiary/aromatic N) is 2. The van der Waals surface area contributed by atoms with Gasteiger partial charge in [-0.1, -0.05) is 12.1 Å². The van der Waals surface area contributed by atoms with Crippen molar-refractivity contribution in [2.75, 3.05) is 26.2 Å². The van der Waals surface area contributed by atoms with Crippen LogP contribution in [0.3, 0.4) is 0 Å². The number of benzene rings is 1. The maximum absolute atomic E-state index is 13.0. The lowest BCUT2D eigenvalue weighted by atomic mass is 10.0. The van der Waals surface area contributed by atoms with E-state index < -0.39 is 0 Å². The molecule has 1 aliphatic carbocycles. The van der Waals surface area contributed by atoms with Crippen LogP contribution in [0.4, 0.5) is 0 Å². The Hall–Kier alpha value is -2.89. The molecule has 1 saturated heterocycles. The van der Waals surface area contributed by atoms with E-state index in [0.717, 1.165) is 5.56 Å². The first-order chi connectivity index (χ1) is 12.6. The van der Waals surface area contributed by atoms with Gasteiger partial charge in [-0.2, -0.15) is 0 Å². The first kappa shape index (κ1) is 16.6. The molecule has 2 aromatic rings. The van der Waals surface area contributed by atoms with E-state index in [4.69, 9.17) is 4.42 Å². The van der Waals surface area contributed by atoms with E-state index in [1.165, 1.54) is 6.26 Å². The highest BCUT2D eigenvalue weighted by molar-refractivity contribution is 6.05. The summed E-state index contributed by atoms with van der Waals surface area (Å²) < 4.78 is 5.19. The quantitative estimate of drug-likeness (QED) is 0.832. The molecule has 0 spiro atoms. The summed E-state index contributed by atoms with van der Waals surface area (Å²) in [4.78, 5) is 40.9. The largest absolute Gasteiger partial charge is 0.459 e. The summed E-state index contributed by atoms with van der Waals surface area (Å²) >= 11 is 0. The van der Waals surface area contributed by atoms with Crippen LogP contribution in [0.1, 0.15) is 49.7 Å². The zero-order chi connectivity index (χ0) is 18.1. The molecule has 0 saturated carbocycles. The molecular formula is C20H20N2O4. The standard InChI is InChI=1S/C20H20N2O4/c23-17-8-7-14-15(17)4-1-5-16(14)19(24)21-9-3-10-22(12-11-21)20(25)18-6-2-13-26-18/h1-2,4-6,13H,3,7-12H2. The Balaban J connectivity index is 1.49. The van der Waals surface area contributed by atoms with Crippen molar-refractivity contribution in [3.8, 4) is 0 Å². The number of rotatable bonds is 2. The number of hydrogen-bond acceptors (Lipinski definition) is 4. The molecule has 4 rings (SSSR count). The fourth-order valence-corrected chi connectivity index (χ4v) is 3.74. The fourth-order valence-electron chi connectivity index (χ4n) is 3.74. The van der Waals surface area contributed by atoms with E-state index in [1.807, 2.05) is 0 Å². The second kappa shape index (κ2) is 6.78. The average Bonchev–Trinajstić information content (AvgIpc) is 3.25. The van der Waals surface area contributed by atoms with Crippen molar-refractivity contribution < 1.29 is 18.8 Å². The highest BCUT2D eigenvalue weighted by atomic mass is 16.3. The second-order valence-corrected chi connectivity index (χ2v) is 6.67. The van der Waals surface area contributed by atoms with Gasteiger partial charge in [-0.3, -0.25) is 14.4 Å². The van der Waals surface area contributed by atoms with Crippen LogP contribution in [0, 0.1) is 0 Å². The Morgan fingerprint density at radius 2 is 1.65 bits per heavy atom. The number of ketones is 1. The molecule has 0 bridgehead atoms. The molecule has 6 heteroatoms. The van der Waals surface area contributed by atoms with Crippen LogP contribution in [0.15, 0.2) is 41.0 Å². The predicted molar refractivity (Wildman–Crippen MR) is 94.2 cm³/mol. The minimum Gasteiger partial charge on any atom is -0.459 e. The Labute approximate surface area is 151 Å². The van der Waals surface area contributed by atoms with Crippen molar-refractivity contribution >= 4 is 17.6 Å². The minimum atomic E-state index is -0.143. The Kier molecular flexibility index (Phi) is 4.32. The summed E-state index contributed by atoms with van der Waals surface area (Å²) in [6.07, 6.45) is 3.31. The molecule has 26 heavy (non-hydrogen) atoms. The van der Waals surface area contributed by atoms with Gasteiger partial charge < -0.3 is 14.2 Å². The van der Waals surface area contributed by atoms with E-state index in [2.05, 4.69) is 0 Å². The highest BCUT2D eigenvalue weighted by Crippen LogP contribution is 2.26. The Bertz CT molecular complexity index is 857. The van der Waals surface area contributed by atoms with Gasteiger partial charge in [0.1, 0.15) is 0 Å². The van der Waals surface area contributed by atoms with Gasteiger partial charge in [-0.05, 0) is 36.6 Å². The van der Waals surface area contributed by atoms with Crippen molar-refractivity contribution in [1.82, 2.24) is 9.80 Å². The van der Waals surface area contributed by atoms with Crippen LogP contribution in [0.5, 0.6) is 0 Å².